The number of aromatic nitrogens is 4. The van der Waals surface area contributed by atoms with Crippen molar-refractivity contribution in [3.05, 3.63) is 71.8 Å². The summed E-state index contributed by atoms with van der Waals surface area (Å²) < 4.78 is 15.3. The van der Waals surface area contributed by atoms with E-state index in [4.69, 9.17) is 0 Å². The van der Waals surface area contributed by atoms with Crippen molar-refractivity contribution < 1.29 is 9.50 Å². The van der Waals surface area contributed by atoms with E-state index in [0.29, 0.717) is 25.2 Å². The predicted octanol–water partition coefficient (Wildman–Crippen LogP) is 2.46. The molecule has 2 heterocycles. The Morgan fingerprint density at radius 3 is 2.95 bits per heavy atom. The second-order valence-corrected chi connectivity index (χ2v) is 5.17. The Kier molecular flexibility index (Phi) is 4.29. The number of aliphatic hydroxyl groups is 1. The fraction of sp³-hybridized carbons (Fsp3) is 0.250. The smallest absolute Gasteiger partial charge is 0.178 e. The van der Waals surface area contributed by atoms with Crippen molar-refractivity contribution in [3.63, 3.8) is 0 Å². The van der Waals surface area contributed by atoms with Crippen LogP contribution in [0.1, 0.15) is 29.6 Å². The van der Waals surface area contributed by atoms with Crippen molar-refractivity contribution >= 4 is 0 Å². The molecule has 0 radical (unpaired) electrons. The van der Waals surface area contributed by atoms with Gasteiger partial charge in [0, 0.05) is 18.4 Å². The van der Waals surface area contributed by atoms with Crippen LogP contribution in [0.15, 0.2) is 48.9 Å². The standard InChI is InChI=1S/C16H17FN4O/c17-13-4-1-3-12(9-13)10-21-8-2-5-14(21)6-7-15(22)16-18-11-19-20-16/h1-5,8-9,11,15,22H,6-7,10H2,(H,18,19,20). The first-order chi connectivity index (χ1) is 10.7. The topological polar surface area (TPSA) is 66.7 Å². The normalized spacial score (nSPS) is 12.5. The number of nitrogens with zero attached hydrogens (tertiary/aromatic N) is 3. The molecule has 1 atom stereocenters. The van der Waals surface area contributed by atoms with Gasteiger partial charge in [0.05, 0.1) is 0 Å². The summed E-state index contributed by atoms with van der Waals surface area (Å²) in [6, 6.07) is 10.5. The van der Waals surface area contributed by atoms with Crippen LogP contribution in [-0.2, 0) is 13.0 Å². The van der Waals surface area contributed by atoms with E-state index in [2.05, 4.69) is 19.7 Å². The fourth-order valence-corrected chi connectivity index (χ4v) is 2.46. The van der Waals surface area contributed by atoms with Crippen molar-refractivity contribution in [2.24, 2.45) is 0 Å². The van der Waals surface area contributed by atoms with E-state index in [1.165, 1.54) is 18.5 Å². The van der Waals surface area contributed by atoms with Gasteiger partial charge in [-0.2, -0.15) is 5.10 Å². The molecular formula is C16H17FN4O. The molecule has 6 heteroatoms. The Labute approximate surface area is 127 Å². The van der Waals surface area contributed by atoms with Crippen molar-refractivity contribution in [1.82, 2.24) is 19.7 Å². The van der Waals surface area contributed by atoms with Gasteiger partial charge in [0.15, 0.2) is 5.82 Å². The average molecular weight is 300 g/mol. The Hall–Kier alpha value is -2.47. The Morgan fingerprint density at radius 1 is 1.27 bits per heavy atom. The number of nitrogens with one attached hydrogen (secondary N) is 1. The lowest BCUT2D eigenvalue weighted by Crippen LogP contribution is -2.07. The molecule has 3 rings (SSSR count). The van der Waals surface area contributed by atoms with Gasteiger partial charge >= 0.3 is 0 Å². The molecule has 2 aromatic heterocycles. The van der Waals surface area contributed by atoms with Crippen molar-refractivity contribution in [2.75, 3.05) is 0 Å². The zero-order chi connectivity index (χ0) is 15.4. The molecule has 0 aliphatic rings. The molecule has 1 unspecified atom stereocenters. The maximum atomic E-state index is 13.2. The molecule has 3 aromatic rings. The number of H-pyrrole nitrogens is 1. The van der Waals surface area contributed by atoms with Crippen LogP contribution in [-0.4, -0.2) is 24.9 Å². The molecule has 0 amide bonds. The van der Waals surface area contributed by atoms with Crippen molar-refractivity contribution in [2.45, 2.75) is 25.5 Å². The summed E-state index contributed by atoms with van der Waals surface area (Å²) >= 11 is 0. The number of aliphatic hydroxyl groups excluding tert-OH is 1. The highest BCUT2D eigenvalue weighted by Gasteiger charge is 2.12. The average Bonchev–Trinajstić information content (AvgIpc) is 3.16. The van der Waals surface area contributed by atoms with Gasteiger partial charge in [0.25, 0.3) is 0 Å². The Balaban J connectivity index is 1.65. The van der Waals surface area contributed by atoms with Gasteiger partial charge in [-0.3, -0.25) is 5.10 Å². The van der Waals surface area contributed by atoms with Crippen LogP contribution in [0, 0.1) is 5.82 Å². The van der Waals surface area contributed by atoms with E-state index in [-0.39, 0.29) is 5.82 Å². The number of aromatic amines is 1. The van der Waals surface area contributed by atoms with Crippen molar-refractivity contribution in [1.29, 1.82) is 0 Å². The summed E-state index contributed by atoms with van der Waals surface area (Å²) in [5, 5.41) is 16.5. The highest BCUT2D eigenvalue weighted by molar-refractivity contribution is 5.19. The van der Waals surface area contributed by atoms with Crippen molar-refractivity contribution in [3.8, 4) is 0 Å². The molecule has 114 valence electrons. The number of benzene rings is 1. The van der Waals surface area contributed by atoms with Gasteiger partial charge in [-0.25, -0.2) is 9.37 Å². The SMILES string of the molecule is OC(CCc1cccn1Cc1cccc(F)c1)c1nc[nH]n1. The minimum Gasteiger partial charge on any atom is -0.385 e. The maximum absolute atomic E-state index is 13.2. The second-order valence-electron chi connectivity index (χ2n) is 5.17. The first-order valence-corrected chi connectivity index (χ1v) is 7.14. The van der Waals surface area contributed by atoms with E-state index >= 15 is 0 Å². The van der Waals surface area contributed by atoms with Gasteiger partial charge < -0.3 is 9.67 Å². The minimum absolute atomic E-state index is 0.230. The lowest BCUT2D eigenvalue weighted by Gasteiger charge is -2.11. The largest absolute Gasteiger partial charge is 0.385 e. The lowest BCUT2D eigenvalue weighted by molar-refractivity contribution is 0.157. The fourth-order valence-electron chi connectivity index (χ4n) is 2.46. The molecule has 0 saturated heterocycles. The first kappa shape index (κ1) is 14.5. The molecule has 0 aliphatic heterocycles. The van der Waals surface area contributed by atoms with Crippen LogP contribution in [0.4, 0.5) is 4.39 Å². The number of hydrogen-bond acceptors (Lipinski definition) is 3. The van der Waals surface area contributed by atoms with Crippen LogP contribution in [0.25, 0.3) is 0 Å². The summed E-state index contributed by atoms with van der Waals surface area (Å²) in [5.74, 6) is 0.175. The Bertz CT molecular complexity index is 723. The van der Waals surface area contributed by atoms with Gasteiger partial charge in [-0.1, -0.05) is 12.1 Å². The molecule has 0 fully saturated rings. The third-order valence-corrected chi connectivity index (χ3v) is 3.57. The molecule has 0 bridgehead atoms. The van der Waals surface area contributed by atoms with Gasteiger partial charge in [-0.15, -0.1) is 0 Å². The van der Waals surface area contributed by atoms with Gasteiger partial charge in [-0.05, 0) is 42.7 Å². The summed E-state index contributed by atoms with van der Waals surface area (Å²) in [6.45, 7) is 0.608. The number of rotatable bonds is 6. The predicted molar refractivity (Wildman–Crippen MR) is 79.6 cm³/mol. The van der Waals surface area contributed by atoms with Gasteiger partial charge in [0.1, 0.15) is 18.2 Å². The zero-order valence-electron chi connectivity index (χ0n) is 12.0. The lowest BCUT2D eigenvalue weighted by atomic mass is 10.1. The molecule has 22 heavy (non-hydrogen) atoms. The van der Waals surface area contributed by atoms with Crippen LogP contribution >= 0.6 is 0 Å². The van der Waals surface area contributed by atoms with Crippen LogP contribution in [0.2, 0.25) is 0 Å². The minimum atomic E-state index is -0.691. The summed E-state index contributed by atoms with van der Waals surface area (Å²) in [7, 11) is 0. The highest BCUT2D eigenvalue weighted by atomic mass is 19.1. The van der Waals surface area contributed by atoms with Gasteiger partial charge in [0.2, 0.25) is 0 Å². The van der Waals surface area contributed by atoms with Crippen LogP contribution in [0.5, 0.6) is 0 Å². The molecule has 0 saturated carbocycles. The molecule has 0 aliphatic carbocycles. The summed E-state index contributed by atoms with van der Waals surface area (Å²) in [5.41, 5.74) is 1.99. The second kappa shape index (κ2) is 6.53. The van der Waals surface area contributed by atoms with E-state index in [0.717, 1.165) is 11.3 Å². The molecule has 1 aromatic carbocycles. The van der Waals surface area contributed by atoms with E-state index in [1.807, 2.05) is 24.4 Å². The third-order valence-electron chi connectivity index (χ3n) is 3.57. The quantitative estimate of drug-likeness (QED) is 0.735. The number of hydrogen-bond donors (Lipinski definition) is 2. The monoisotopic (exact) mass is 300 g/mol. The zero-order valence-corrected chi connectivity index (χ0v) is 12.0. The molecule has 0 spiro atoms. The number of halogens is 1. The number of aryl methyl sites for hydroxylation is 1. The van der Waals surface area contributed by atoms with E-state index in [9.17, 15) is 9.50 Å². The summed E-state index contributed by atoms with van der Waals surface area (Å²) in [4.78, 5) is 3.95. The first-order valence-electron chi connectivity index (χ1n) is 7.14. The Morgan fingerprint density at radius 2 is 2.18 bits per heavy atom. The summed E-state index contributed by atoms with van der Waals surface area (Å²) in [6.07, 6.45) is 3.94. The van der Waals surface area contributed by atoms with E-state index in [1.54, 1.807) is 6.07 Å². The molecule has 5 nitrogen and oxygen atoms in total. The third kappa shape index (κ3) is 3.40. The molecule has 2 N–H and O–H groups in total. The van der Waals surface area contributed by atoms with E-state index < -0.39 is 6.10 Å². The van der Waals surface area contributed by atoms with Crippen LogP contribution < -0.4 is 0 Å². The maximum Gasteiger partial charge on any atom is 0.178 e. The van der Waals surface area contributed by atoms with Crippen LogP contribution in [0.3, 0.4) is 0 Å². The highest BCUT2D eigenvalue weighted by Crippen LogP contribution is 2.16. The molecular weight excluding hydrogens is 283 g/mol.